The highest BCUT2D eigenvalue weighted by Gasteiger charge is 2.13. The average molecular weight is 491 g/mol. The van der Waals surface area contributed by atoms with E-state index in [0.717, 1.165) is 22.3 Å². The lowest BCUT2D eigenvalue weighted by molar-refractivity contribution is -0.118. The van der Waals surface area contributed by atoms with Gasteiger partial charge in [0.1, 0.15) is 0 Å². The van der Waals surface area contributed by atoms with Crippen molar-refractivity contribution in [2.75, 3.05) is 19.0 Å². The summed E-state index contributed by atoms with van der Waals surface area (Å²) in [4.78, 5) is 12.3. The summed E-state index contributed by atoms with van der Waals surface area (Å²) in [6.07, 6.45) is 1.78. The van der Waals surface area contributed by atoms with Gasteiger partial charge in [0, 0.05) is 10.2 Å². The number of nitrogens with one attached hydrogen (secondary N) is 1. The molecule has 5 nitrogen and oxygen atoms in total. The molecule has 0 spiro atoms. The van der Waals surface area contributed by atoms with Crippen molar-refractivity contribution in [2.24, 2.45) is 0 Å². The minimum Gasteiger partial charge on any atom is -0.493 e. The molecule has 0 radical (unpaired) electrons. The fraction of sp³-hybridized carbons (Fsp3) is 0.154. The van der Waals surface area contributed by atoms with Gasteiger partial charge in [-0.1, -0.05) is 63.5 Å². The molecule has 3 rings (SSSR count). The quantitative estimate of drug-likeness (QED) is 0.318. The monoisotopic (exact) mass is 490 g/mol. The molecule has 1 amide bonds. The summed E-state index contributed by atoms with van der Waals surface area (Å²) >= 11 is 3.53. The number of nitriles is 1. The molecule has 0 saturated carbocycles. The molecule has 0 atom stereocenters. The average Bonchev–Trinajstić information content (AvgIpc) is 2.79. The third-order valence-electron chi connectivity index (χ3n) is 4.76. The summed E-state index contributed by atoms with van der Waals surface area (Å²) in [6, 6.07) is 21.0. The number of aryl methyl sites for hydroxylation is 2. The van der Waals surface area contributed by atoms with Crippen molar-refractivity contribution in [1.82, 2.24) is 0 Å². The number of halogens is 1. The molecule has 6 heteroatoms. The lowest BCUT2D eigenvalue weighted by Gasteiger charge is -2.13. The number of benzene rings is 3. The van der Waals surface area contributed by atoms with Crippen LogP contribution in [0.25, 0.3) is 11.6 Å². The van der Waals surface area contributed by atoms with E-state index in [-0.39, 0.29) is 12.5 Å². The summed E-state index contributed by atoms with van der Waals surface area (Å²) in [5.41, 5.74) is 5.07. The van der Waals surface area contributed by atoms with Gasteiger partial charge in [-0.15, -0.1) is 0 Å². The normalized spacial score (nSPS) is 10.9. The maximum atomic E-state index is 12.3. The molecule has 0 fully saturated rings. The number of amides is 1. The molecule has 3 aromatic carbocycles. The van der Waals surface area contributed by atoms with E-state index in [1.807, 2.05) is 62.4 Å². The Morgan fingerprint density at radius 3 is 2.25 bits per heavy atom. The van der Waals surface area contributed by atoms with Crippen molar-refractivity contribution in [2.45, 2.75) is 13.8 Å². The number of hydrogen-bond donors (Lipinski definition) is 1. The first kappa shape index (κ1) is 23.1. The van der Waals surface area contributed by atoms with Crippen LogP contribution >= 0.6 is 15.9 Å². The van der Waals surface area contributed by atoms with E-state index in [1.165, 1.54) is 7.11 Å². The van der Waals surface area contributed by atoms with Crippen LogP contribution in [0.5, 0.6) is 11.5 Å². The maximum Gasteiger partial charge on any atom is 0.262 e. The van der Waals surface area contributed by atoms with Crippen LogP contribution in [0.15, 0.2) is 65.1 Å². The van der Waals surface area contributed by atoms with Gasteiger partial charge in [-0.3, -0.25) is 4.79 Å². The molecular weight excluding hydrogens is 468 g/mol. The molecule has 1 N–H and O–H groups in total. The summed E-state index contributed by atoms with van der Waals surface area (Å²) in [5.74, 6) is 0.607. The molecule has 0 aliphatic carbocycles. The van der Waals surface area contributed by atoms with E-state index >= 15 is 0 Å². The minimum atomic E-state index is -0.276. The predicted octanol–water partition coefficient (Wildman–Crippen LogP) is 6.16. The maximum absolute atomic E-state index is 12.3. The number of allylic oxidation sites excluding steroid dienone is 1. The predicted molar refractivity (Wildman–Crippen MR) is 131 cm³/mol. The highest BCUT2D eigenvalue weighted by atomic mass is 79.9. The van der Waals surface area contributed by atoms with Crippen molar-refractivity contribution < 1.29 is 14.3 Å². The zero-order valence-electron chi connectivity index (χ0n) is 18.1. The van der Waals surface area contributed by atoms with E-state index < -0.39 is 0 Å². The minimum absolute atomic E-state index is 0.168. The van der Waals surface area contributed by atoms with Crippen LogP contribution in [0.3, 0.4) is 0 Å². The highest BCUT2D eigenvalue weighted by Crippen LogP contribution is 2.35. The van der Waals surface area contributed by atoms with Crippen LogP contribution in [0, 0.1) is 25.2 Å². The Kier molecular flexibility index (Phi) is 7.69. The molecule has 0 aliphatic rings. The van der Waals surface area contributed by atoms with Crippen molar-refractivity contribution in [1.29, 1.82) is 5.26 Å². The van der Waals surface area contributed by atoms with Gasteiger partial charge in [-0.25, -0.2) is 0 Å². The van der Waals surface area contributed by atoms with Crippen molar-refractivity contribution in [3.05, 3.63) is 87.4 Å². The van der Waals surface area contributed by atoms with Gasteiger partial charge in [0.25, 0.3) is 5.91 Å². The first-order valence-corrected chi connectivity index (χ1v) is 10.7. The number of anilines is 1. The second kappa shape index (κ2) is 10.7. The third-order valence-corrected chi connectivity index (χ3v) is 5.45. The number of rotatable bonds is 7. The Balaban J connectivity index is 1.77. The number of carbonyl (C=O) groups is 1. The Labute approximate surface area is 196 Å². The summed E-state index contributed by atoms with van der Waals surface area (Å²) in [5, 5.41) is 12.4. The largest absolute Gasteiger partial charge is 0.493 e. The number of carbonyl (C=O) groups excluding carboxylic acids is 1. The molecule has 32 heavy (non-hydrogen) atoms. The van der Waals surface area contributed by atoms with Gasteiger partial charge in [-0.05, 0) is 55.3 Å². The Bertz CT molecular complexity index is 1180. The van der Waals surface area contributed by atoms with Crippen molar-refractivity contribution in [3.63, 3.8) is 0 Å². The smallest absolute Gasteiger partial charge is 0.262 e. The molecule has 0 heterocycles. The third kappa shape index (κ3) is 5.99. The van der Waals surface area contributed by atoms with Crippen LogP contribution in [-0.4, -0.2) is 19.6 Å². The van der Waals surface area contributed by atoms with Crippen molar-refractivity contribution >= 4 is 39.2 Å². The zero-order valence-corrected chi connectivity index (χ0v) is 19.7. The molecule has 3 aromatic rings. The Morgan fingerprint density at radius 2 is 1.66 bits per heavy atom. The lowest BCUT2D eigenvalue weighted by atomic mass is 10.0. The van der Waals surface area contributed by atoms with E-state index in [0.29, 0.717) is 27.2 Å². The van der Waals surface area contributed by atoms with Gasteiger partial charge in [0.05, 0.1) is 18.8 Å². The molecule has 0 unspecified atom stereocenters. The van der Waals surface area contributed by atoms with E-state index in [1.54, 1.807) is 18.2 Å². The van der Waals surface area contributed by atoms with Crippen LogP contribution in [-0.2, 0) is 4.79 Å². The van der Waals surface area contributed by atoms with E-state index in [4.69, 9.17) is 9.47 Å². The standard InChI is InChI=1S/C26H23BrN2O3/c1-17-4-8-19(9-5-17)21(15-28)12-20-13-24(31-3)25(14-23(20)27)32-16-26(30)29-22-10-6-18(2)7-11-22/h4-14H,16H2,1-3H3,(H,29,30)/b21-12-. The van der Waals surface area contributed by atoms with Gasteiger partial charge in [0.2, 0.25) is 0 Å². The van der Waals surface area contributed by atoms with Gasteiger partial charge in [-0.2, -0.15) is 5.26 Å². The van der Waals surface area contributed by atoms with Gasteiger partial charge in [0.15, 0.2) is 18.1 Å². The van der Waals surface area contributed by atoms with Gasteiger partial charge >= 0.3 is 0 Å². The molecular formula is C26H23BrN2O3. The summed E-state index contributed by atoms with van der Waals surface area (Å²) in [6.45, 7) is 3.82. The van der Waals surface area contributed by atoms with E-state index in [2.05, 4.69) is 27.3 Å². The second-order valence-corrected chi connectivity index (χ2v) is 8.12. The molecule has 0 aromatic heterocycles. The van der Waals surface area contributed by atoms with E-state index in [9.17, 15) is 10.1 Å². The molecule has 162 valence electrons. The van der Waals surface area contributed by atoms with Gasteiger partial charge < -0.3 is 14.8 Å². The highest BCUT2D eigenvalue weighted by molar-refractivity contribution is 9.10. The molecule has 0 bridgehead atoms. The fourth-order valence-electron chi connectivity index (χ4n) is 2.98. The summed E-state index contributed by atoms with van der Waals surface area (Å²) in [7, 11) is 1.53. The van der Waals surface area contributed by atoms with Crippen LogP contribution in [0.2, 0.25) is 0 Å². The second-order valence-electron chi connectivity index (χ2n) is 7.26. The molecule has 0 aliphatic heterocycles. The number of ether oxygens (including phenoxy) is 2. The van der Waals surface area contributed by atoms with Crippen molar-refractivity contribution in [3.8, 4) is 17.6 Å². The Morgan fingerprint density at radius 1 is 1.03 bits per heavy atom. The summed E-state index contributed by atoms with van der Waals surface area (Å²) < 4.78 is 11.9. The van der Waals surface area contributed by atoms with Crippen LogP contribution in [0.1, 0.15) is 22.3 Å². The first-order valence-electron chi connectivity index (χ1n) is 9.95. The van der Waals surface area contributed by atoms with Crippen LogP contribution in [0.4, 0.5) is 5.69 Å². The zero-order chi connectivity index (χ0) is 23.1. The lowest BCUT2D eigenvalue weighted by Crippen LogP contribution is -2.20. The SMILES string of the molecule is COc1cc(/C=C(/C#N)c2ccc(C)cc2)c(Br)cc1OCC(=O)Nc1ccc(C)cc1. The fourth-order valence-corrected chi connectivity index (χ4v) is 3.42. The Hall–Kier alpha value is -3.56. The number of methoxy groups -OCH3 is 1. The number of hydrogen-bond acceptors (Lipinski definition) is 4. The first-order chi connectivity index (χ1) is 15.4. The number of nitrogens with zero attached hydrogens (tertiary/aromatic N) is 1. The molecule has 0 saturated heterocycles. The van der Waals surface area contributed by atoms with Crippen LogP contribution < -0.4 is 14.8 Å². The topological polar surface area (TPSA) is 71.3 Å².